The Hall–Kier alpha value is -0.610. The molecule has 108 valence electrons. The monoisotopic (exact) mass is 266 g/mol. The summed E-state index contributed by atoms with van der Waals surface area (Å²) in [7, 11) is 3.18. The number of hydrogen-bond acceptors (Lipinski definition) is 3. The highest BCUT2D eigenvalue weighted by Crippen LogP contribution is 2.61. The molecule has 2 N–H and O–H groups in total. The number of hydrogen-bond donors (Lipinski definition) is 1. The van der Waals surface area contributed by atoms with Gasteiger partial charge in [-0.15, -0.1) is 0 Å². The first-order valence-electron chi connectivity index (χ1n) is 7.58. The summed E-state index contributed by atoms with van der Waals surface area (Å²) >= 11 is 0. The second kappa shape index (κ2) is 4.74. The molecule has 1 amide bonds. The first-order valence-corrected chi connectivity index (χ1v) is 7.58. The number of hydroxylamine groups is 2. The average Bonchev–Trinajstić information content (AvgIpc) is 2.36. The van der Waals surface area contributed by atoms with Gasteiger partial charge in [0.25, 0.3) is 0 Å². The average molecular weight is 266 g/mol. The topological polar surface area (TPSA) is 55.6 Å². The summed E-state index contributed by atoms with van der Waals surface area (Å²) in [6.45, 7) is 0. The molecule has 0 heterocycles. The zero-order valence-corrected chi connectivity index (χ0v) is 12.1. The molecule has 0 spiro atoms. The first kappa shape index (κ1) is 13.4. The molecular weight excluding hydrogens is 240 g/mol. The van der Waals surface area contributed by atoms with Crippen LogP contribution < -0.4 is 5.73 Å². The van der Waals surface area contributed by atoms with Crippen molar-refractivity contribution in [2.24, 2.45) is 28.9 Å². The molecule has 1 atom stereocenters. The summed E-state index contributed by atoms with van der Waals surface area (Å²) < 4.78 is 0. The van der Waals surface area contributed by atoms with Gasteiger partial charge in [0, 0.05) is 19.5 Å². The number of nitrogens with zero attached hydrogens (tertiary/aromatic N) is 1. The standard InChI is InChI=1S/C15H26N2O2/c1-17(19-2)14(18)6-13(16)15-7-10-3-11(8-15)5-12(4-10)9-15/h10-13H,3-9,16H2,1-2H3. The van der Waals surface area contributed by atoms with E-state index in [9.17, 15) is 4.79 Å². The molecule has 4 nitrogen and oxygen atoms in total. The largest absolute Gasteiger partial charge is 0.327 e. The van der Waals surface area contributed by atoms with Gasteiger partial charge in [-0.2, -0.15) is 0 Å². The molecule has 0 aromatic carbocycles. The first-order chi connectivity index (χ1) is 9.02. The number of nitrogens with two attached hydrogens (primary N) is 1. The van der Waals surface area contributed by atoms with Crippen molar-refractivity contribution in [2.45, 2.75) is 51.0 Å². The minimum Gasteiger partial charge on any atom is -0.327 e. The van der Waals surface area contributed by atoms with Crippen molar-refractivity contribution in [3.8, 4) is 0 Å². The second-order valence-corrected chi connectivity index (χ2v) is 7.16. The molecule has 4 fully saturated rings. The van der Waals surface area contributed by atoms with E-state index in [1.54, 1.807) is 7.05 Å². The molecule has 4 rings (SSSR count). The van der Waals surface area contributed by atoms with Crippen molar-refractivity contribution < 1.29 is 9.63 Å². The molecule has 4 heteroatoms. The molecule has 0 radical (unpaired) electrons. The number of carbonyl (C=O) groups is 1. The Balaban J connectivity index is 1.69. The van der Waals surface area contributed by atoms with Gasteiger partial charge in [0.05, 0.1) is 7.11 Å². The Morgan fingerprint density at radius 1 is 1.26 bits per heavy atom. The Morgan fingerprint density at radius 2 is 1.74 bits per heavy atom. The molecule has 4 aliphatic rings. The van der Waals surface area contributed by atoms with Gasteiger partial charge in [-0.1, -0.05) is 0 Å². The SMILES string of the molecule is CON(C)C(=O)CC(N)C12CC3CC(CC(C3)C1)C2. The zero-order valence-electron chi connectivity index (χ0n) is 12.1. The Morgan fingerprint density at radius 3 is 2.16 bits per heavy atom. The third-order valence-corrected chi connectivity index (χ3v) is 5.89. The molecule has 4 aliphatic carbocycles. The van der Waals surface area contributed by atoms with Gasteiger partial charge < -0.3 is 5.73 Å². The summed E-state index contributed by atoms with van der Waals surface area (Å²) in [5, 5.41) is 1.31. The molecule has 0 aliphatic heterocycles. The normalized spacial score (nSPS) is 41.3. The van der Waals surface area contributed by atoms with E-state index in [4.69, 9.17) is 10.6 Å². The van der Waals surface area contributed by atoms with Crippen LogP contribution in [0.2, 0.25) is 0 Å². The maximum atomic E-state index is 12.0. The lowest BCUT2D eigenvalue weighted by atomic mass is 9.47. The quantitative estimate of drug-likeness (QED) is 0.791. The van der Waals surface area contributed by atoms with E-state index in [0.29, 0.717) is 6.42 Å². The maximum absolute atomic E-state index is 12.0. The summed E-state index contributed by atoms with van der Waals surface area (Å²) in [6.07, 6.45) is 8.43. The van der Waals surface area contributed by atoms with E-state index in [-0.39, 0.29) is 17.4 Å². The molecule has 4 saturated carbocycles. The molecular formula is C15H26N2O2. The van der Waals surface area contributed by atoms with E-state index in [2.05, 4.69) is 0 Å². The molecule has 0 saturated heterocycles. The van der Waals surface area contributed by atoms with Crippen molar-refractivity contribution in [2.75, 3.05) is 14.2 Å². The van der Waals surface area contributed by atoms with Crippen LogP contribution >= 0.6 is 0 Å². The zero-order chi connectivity index (χ0) is 13.6. The lowest BCUT2D eigenvalue weighted by Gasteiger charge is -2.59. The number of rotatable bonds is 4. The Kier molecular flexibility index (Phi) is 3.34. The van der Waals surface area contributed by atoms with Gasteiger partial charge in [-0.05, 0) is 61.7 Å². The molecule has 0 aromatic heterocycles. The van der Waals surface area contributed by atoms with Gasteiger partial charge in [0.15, 0.2) is 0 Å². The fraction of sp³-hybridized carbons (Fsp3) is 0.933. The summed E-state index contributed by atoms with van der Waals surface area (Å²) in [5.41, 5.74) is 6.71. The van der Waals surface area contributed by atoms with Gasteiger partial charge in [-0.25, -0.2) is 5.06 Å². The van der Waals surface area contributed by atoms with Crippen molar-refractivity contribution in [3.05, 3.63) is 0 Å². The second-order valence-electron chi connectivity index (χ2n) is 7.16. The molecule has 0 aromatic rings. The van der Waals surface area contributed by atoms with Crippen LogP contribution in [0, 0.1) is 23.2 Å². The molecule has 1 unspecified atom stereocenters. The third kappa shape index (κ3) is 2.29. The third-order valence-electron chi connectivity index (χ3n) is 5.89. The lowest BCUT2D eigenvalue weighted by molar-refractivity contribution is -0.171. The number of carbonyl (C=O) groups excluding carboxylic acids is 1. The molecule has 4 bridgehead atoms. The van der Waals surface area contributed by atoms with E-state index in [1.165, 1.54) is 50.7 Å². The minimum atomic E-state index is 0.00532. The van der Waals surface area contributed by atoms with Crippen LogP contribution in [-0.2, 0) is 9.63 Å². The van der Waals surface area contributed by atoms with E-state index in [0.717, 1.165) is 17.8 Å². The summed E-state index contributed by atoms with van der Waals surface area (Å²) in [4.78, 5) is 17.0. The van der Waals surface area contributed by atoms with Crippen LogP contribution in [0.5, 0.6) is 0 Å². The van der Waals surface area contributed by atoms with Crippen molar-refractivity contribution in [1.29, 1.82) is 0 Å². The van der Waals surface area contributed by atoms with Gasteiger partial charge in [-0.3, -0.25) is 9.63 Å². The highest BCUT2D eigenvalue weighted by molar-refractivity contribution is 5.75. The predicted octanol–water partition coefficient (Wildman–Crippen LogP) is 1.94. The number of amides is 1. The fourth-order valence-electron chi connectivity index (χ4n) is 5.27. The summed E-state index contributed by atoms with van der Waals surface area (Å²) in [6, 6.07) is 0.00556. The van der Waals surface area contributed by atoms with E-state index < -0.39 is 0 Å². The molecule has 19 heavy (non-hydrogen) atoms. The van der Waals surface area contributed by atoms with E-state index in [1.807, 2.05) is 0 Å². The van der Waals surface area contributed by atoms with Gasteiger partial charge in [0.2, 0.25) is 5.91 Å². The fourth-order valence-corrected chi connectivity index (χ4v) is 5.27. The predicted molar refractivity (Wildman–Crippen MR) is 73.0 cm³/mol. The highest BCUT2D eigenvalue weighted by atomic mass is 16.7. The Bertz CT molecular complexity index is 334. The van der Waals surface area contributed by atoms with Crippen molar-refractivity contribution >= 4 is 5.91 Å². The minimum absolute atomic E-state index is 0.00532. The highest BCUT2D eigenvalue weighted by Gasteiger charge is 2.53. The Labute approximate surface area is 115 Å². The lowest BCUT2D eigenvalue weighted by Crippen LogP contribution is -2.55. The van der Waals surface area contributed by atoms with E-state index >= 15 is 0 Å². The van der Waals surface area contributed by atoms with Crippen LogP contribution in [0.1, 0.15) is 44.9 Å². The van der Waals surface area contributed by atoms with Crippen LogP contribution in [0.15, 0.2) is 0 Å². The van der Waals surface area contributed by atoms with Crippen LogP contribution in [0.3, 0.4) is 0 Å². The van der Waals surface area contributed by atoms with Crippen LogP contribution in [-0.4, -0.2) is 31.2 Å². The smallest absolute Gasteiger partial charge is 0.247 e. The van der Waals surface area contributed by atoms with Gasteiger partial charge in [0.1, 0.15) is 0 Å². The van der Waals surface area contributed by atoms with Crippen LogP contribution in [0.4, 0.5) is 0 Å². The van der Waals surface area contributed by atoms with Crippen molar-refractivity contribution in [1.82, 2.24) is 5.06 Å². The summed E-state index contributed by atoms with van der Waals surface area (Å²) in [5.74, 6) is 2.65. The van der Waals surface area contributed by atoms with Crippen LogP contribution in [0.25, 0.3) is 0 Å². The van der Waals surface area contributed by atoms with Crippen molar-refractivity contribution in [3.63, 3.8) is 0 Å². The van der Waals surface area contributed by atoms with Gasteiger partial charge >= 0.3 is 0 Å². The maximum Gasteiger partial charge on any atom is 0.247 e.